The summed E-state index contributed by atoms with van der Waals surface area (Å²) in [6.45, 7) is 0.270. The van der Waals surface area contributed by atoms with Gasteiger partial charge in [0.2, 0.25) is 10.0 Å². The third-order valence-electron chi connectivity index (χ3n) is 2.85. The molecule has 21 heavy (non-hydrogen) atoms. The quantitative estimate of drug-likeness (QED) is 0.803. The number of aromatic nitrogens is 1. The van der Waals surface area contributed by atoms with Crippen molar-refractivity contribution >= 4 is 15.7 Å². The number of anilines is 1. The van der Waals surface area contributed by atoms with Crippen LogP contribution in [-0.4, -0.2) is 19.9 Å². The first-order chi connectivity index (χ1) is 10.0. The summed E-state index contributed by atoms with van der Waals surface area (Å²) in [6, 6.07) is 11.8. The second-order valence-corrected chi connectivity index (χ2v) is 6.15. The molecule has 0 spiro atoms. The first kappa shape index (κ1) is 15.0. The van der Waals surface area contributed by atoms with Crippen LogP contribution in [0, 0.1) is 11.3 Å². The first-order valence-electron chi connectivity index (χ1n) is 6.21. The van der Waals surface area contributed by atoms with Gasteiger partial charge in [0.1, 0.15) is 16.7 Å². The summed E-state index contributed by atoms with van der Waals surface area (Å²) < 4.78 is 26.5. The Morgan fingerprint density at radius 1 is 1.19 bits per heavy atom. The van der Waals surface area contributed by atoms with Crippen molar-refractivity contribution in [3.8, 4) is 6.07 Å². The lowest BCUT2D eigenvalue weighted by atomic mass is 10.1. The van der Waals surface area contributed by atoms with E-state index < -0.39 is 10.0 Å². The van der Waals surface area contributed by atoms with Crippen molar-refractivity contribution in [1.82, 2.24) is 9.71 Å². The third kappa shape index (κ3) is 4.02. The van der Waals surface area contributed by atoms with Crippen molar-refractivity contribution in [1.29, 1.82) is 5.26 Å². The van der Waals surface area contributed by atoms with Gasteiger partial charge in [-0.2, -0.15) is 5.26 Å². The summed E-state index contributed by atoms with van der Waals surface area (Å²) in [5, 5.41) is 8.63. The highest BCUT2D eigenvalue weighted by Crippen LogP contribution is 2.09. The highest BCUT2D eigenvalue weighted by Gasteiger charge is 2.13. The molecule has 108 valence electrons. The molecule has 0 unspecified atom stereocenters. The number of nitriles is 1. The number of nitrogens with two attached hydrogens (primary N) is 1. The van der Waals surface area contributed by atoms with Gasteiger partial charge in [0.25, 0.3) is 0 Å². The minimum atomic E-state index is -3.61. The molecule has 2 rings (SSSR count). The molecule has 0 bridgehead atoms. The van der Waals surface area contributed by atoms with E-state index in [4.69, 9.17) is 11.0 Å². The standard InChI is InChI=1S/C14H14N4O2S/c15-9-13-5-6-14(10-17-13)21(19,20)18-8-7-11-1-3-12(16)4-2-11/h1-6,10,18H,7-8,16H2. The molecule has 3 N–H and O–H groups in total. The lowest BCUT2D eigenvalue weighted by molar-refractivity contribution is 0.581. The smallest absolute Gasteiger partial charge is 0.242 e. The molecule has 7 heteroatoms. The molecule has 0 atom stereocenters. The topological polar surface area (TPSA) is 109 Å². The number of nitrogen functional groups attached to an aromatic ring is 1. The van der Waals surface area contributed by atoms with Crippen LogP contribution in [0.3, 0.4) is 0 Å². The van der Waals surface area contributed by atoms with Gasteiger partial charge in [0, 0.05) is 18.4 Å². The van der Waals surface area contributed by atoms with Crippen LogP contribution in [-0.2, 0) is 16.4 Å². The Morgan fingerprint density at radius 3 is 2.48 bits per heavy atom. The van der Waals surface area contributed by atoms with Gasteiger partial charge in [-0.25, -0.2) is 18.1 Å². The van der Waals surface area contributed by atoms with Crippen molar-refractivity contribution in [2.75, 3.05) is 12.3 Å². The summed E-state index contributed by atoms with van der Waals surface area (Å²) in [4.78, 5) is 3.79. The Morgan fingerprint density at radius 2 is 1.90 bits per heavy atom. The Hall–Kier alpha value is -2.43. The Kier molecular flexibility index (Phi) is 4.52. The van der Waals surface area contributed by atoms with E-state index in [0.717, 1.165) is 5.56 Å². The normalized spacial score (nSPS) is 11.0. The molecule has 1 heterocycles. The minimum absolute atomic E-state index is 0.0406. The van der Waals surface area contributed by atoms with Crippen molar-refractivity contribution in [3.05, 3.63) is 53.9 Å². The van der Waals surface area contributed by atoms with Gasteiger partial charge >= 0.3 is 0 Å². The minimum Gasteiger partial charge on any atom is -0.399 e. The van der Waals surface area contributed by atoms with E-state index in [-0.39, 0.29) is 17.1 Å². The van der Waals surface area contributed by atoms with E-state index in [1.54, 1.807) is 12.1 Å². The van der Waals surface area contributed by atoms with E-state index >= 15 is 0 Å². The molecular weight excluding hydrogens is 288 g/mol. The molecule has 0 amide bonds. The molecule has 6 nitrogen and oxygen atoms in total. The van der Waals surface area contributed by atoms with Crippen LogP contribution in [0.25, 0.3) is 0 Å². The van der Waals surface area contributed by atoms with Crippen LogP contribution in [0.1, 0.15) is 11.3 Å². The van der Waals surface area contributed by atoms with Gasteiger partial charge in [0.15, 0.2) is 0 Å². The van der Waals surface area contributed by atoms with Gasteiger partial charge in [-0.15, -0.1) is 0 Å². The largest absolute Gasteiger partial charge is 0.399 e. The van der Waals surface area contributed by atoms with Crippen LogP contribution in [0.5, 0.6) is 0 Å². The number of hydrogen-bond donors (Lipinski definition) is 2. The predicted octanol–water partition coefficient (Wildman–Crippen LogP) is 1.06. The van der Waals surface area contributed by atoms with Crippen LogP contribution >= 0.6 is 0 Å². The van der Waals surface area contributed by atoms with E-state index in [2.05, 4.69) is 9.71 Å². The van der Waals surface area contributed by atoms with Gasteiger partial charge < -0.3 is 5.73 Å². The summed E-state index contributed by atoms with van der Waals surface area (Å²) >= 11 is 0. The molecule has 0 fully saturated rings. The Bertz CT molecular complexity index is 747. The van der Waals surface area contributed by atoms with Crippen LogP contribution in [0.15, 0.2) is 47.5 Å². The average molecular weight is 302 g/mol. The van der Waals surface area contributed by atoms with E-state index in [1.807, 2.05) is 18.2 Å². The number of nitrogens with one attached hydrogen (secondary N) is 1. The molecule has 1 aromatic heterocycles. The zero-order valence-corrected chi connectivity index (χ0v) is 12.0. The molecule has 0 aliphatic carbocycles. The van der Waals surface area contributed by atoms with Gasteiger partial charge in [-0.05, 0) is 36.2 Å². The molecule has 0 saturated heterocycles. The number of benzene rings is 1. The molecule has 1 aromatic carbocycles. The Labute approximate surface area is 123 Å². The van der Waals surface area contributed by atoms with Gasteiger partial charge in [-0.1, -0.05) is 12.1 Å². The highest BCUT2D eigenvalue weighted by atomic mass is 32.2. The van der Waals surface area contributed by atoms with E-state index in [1.165, 1.54) is 18.3 Å². The lowest BCUT2D eigenvalue weighted by Gasteiger charge is -2.06. The van der Waals surface area contributed by atoms with E-state index in [0.29, 0.717) is 12.1 Å². The lowest BCUT2D eigenvalue weighted by Crippen LogP contribution is -2.26. The second kappa shape index (κ2) is 6.35. The van der Waals surface area contributed by atoms with Gasteiger partial charge in [0.05, 0.1) is 0 Å². The van der Waals surface area contributed by atoms with Crippen molar-refractivity contribution < 1.29 is 8.42 Å². The fraction of sp³-hybridized carbons (Fsp3) is 0.143. The molecule has 2 aromatic rings. The van der Waals surface area contributed by atoms with Crippen LogP contribution < -0.4 is 10.5 Å². The van der Waals surface area contributed by atoms with Crippen LogP contribution in [0.2, 0.25) is 0 Å². The van der Waals surface area contributed by atoms with Crippen LogP contribution in [0.4, 0.5) is 5.69 Å². The van der Waals surface area contributed by atoms with Crippen molar-refractivity contribution in [2.45, 2.75) is 11.3 Å². The molecule has 0 saturated carbocycles. The summed E-state index contributed by atoms with van der Waals surface area (Å²) in [6.07, 6.45) is 1.73. The van der Waals surface area contributed by atoms with Crippen molar-refractivity contribution in [2.24, 2.45) is 0 Å². The maximum atomic E-state index is 12.0. The monoisotopic (exact) mass is 302 g/mol. The zero-order valence-electron chi connectivity index (χ0n) is 11.2. The first-order valence-corrected chi connectivity index (χ1v) is 7.70. The average Bonchev–Trinajstić information content (AvgIpc) is 2.49. The van der Waals surface area contributed by atoms with Crippen molar-refractivity contribution in [3.63, 3.8) is 0 Å². The number of pyridine rings is 1. The van der Waals surface area contributed by atoms with E-state index in [9.17, 15) is 8.42 Å². The maximum Gasteiger partial charge on any atom is 0.242 e. The summed E-state index contributed by atoms with van der Waals surface area (Å²) in [5.74, 6) is 0. The fourth-order valence-electron chi connectivity index (χ4n) is 1.70. The summed E-state index contributed by atoms with van der Waals surface area (Å²) in [5.41, 5.74) is 7.42. The number of sulfonamides is 1. The summed E-state index contributed by atoms with van der Waals surface area (Å²) in [7, 11) is -3.61. The predicted molar refractivity (Wildman–Crippen MR) is 78.7 cm³/mol. The number of hydrogen-bond acceptors (Lipinski definition) is 5. The fourth-order valence-corrected chi connectivity index (χ4v) is 2.68. The maximum absolute atomic E-state index is 12.0. The Balaban J connectivity index is 1.97. The van der Waals surface area contributed by atoms with Gasteiger partial charge in [-0.3, -0.25) is 0 Å². The molecule has 0 aliphatic heterocycles. The molecular formula is C14H14N4O2S. The SMILES string of the molecule is N#Cc1ccc(S(=O)(=O)NCCc2ccc(N)cc2)cn1. The molecule has 0 aliphatic rings. The zero-order chi connectivity index (χ0) is 15.3. The number of nitrogens with zero attached hydrogens (tertiary/aromatic N) is 2. The molecule has 0 radical (unpaired) electrons. The highest BCUT2D eigenvalue weighted by molar-refractivity contribution is 7.89. The second-order valence-electron chi connectivity index (χ2n) is 4.38. The number of rotatable bonds is 5. The third-order valence-corrected chi connectivity index (χ3v) is 4.29.